The molecule has 0 fully saturated rings. The monoisotopic (exact) mass is 313 g/mol. The third kappa shape index (κ3) is 1.84. The molecule has 3 aromatic rings. The van der Waals surface area contributed by atoms with Crippen LogP contribution in [0.3, 0.4) is 0 Å². The van der Waals surface area contributed by atoms with Gasteiger partial charge in [0.1, 0.15) is 0 Å². The highest BCUT2D eigenvalue weighted by atomic mass is 35.5. The average molecular weight is 314 g/mol. The summed E-state index contributed by atoms with van der Waals surface area (Å²) in [6.45, 7) is 0. The van der Waals surface area contributed by atoms with Gasteiger partial charge in [-0.3, -0.25) is 9.36 Å². The molecule has 0 saturated carbocycles. The van der Waals surface area contributed by atoms with Gasteiger partial charge in [-0.15, -0.1) is 0 Å². The fourth-order valence-corrected chi connectivity index (χ4v) is 3.24. The fourth-order valence-electron chi connectivity index (χ4n) is 3.12. The van der Waals surface area contributed by atoms with Crippen LogP contribution in [-0.2, 0) is 7.05 Å². The molecule has 0 spiro atoms. The highest BCUT2D eigenvalue weighted by Gasteiger charge is 2.31. The Morgan fingerprint density at radius 2 is 1.91 bits per heavy atom. The maximum absolute atomic E-state index is 12.3. The van der Waals surface area contributed by atoms with Gasteiger partial charge in [-0.25, -0.2) is 4.79 Å². The highest BCUT2D eigenvalue weighted by molar-refractivity contribution is 6.30. The van der Waals surface area contributed by atoms with Crippen molar-refractivity contribution < 1.29 is 9.21 Å². The second-order valence-corrected chi connectivity index (χ2v) is 6.00. The Bertz CT molecular complexity index is 966. The molecule has 1 unspecified atom stereocenters. The van der Waals surface area contributed by atoms with E-state index in [0.29, 0.717) is 28.1 Å². The van der Waals surface area contributed by atoms with Crippen LogP contribution >= 0.6 is 11.6 Å². The Kier molecular flexibility index (Phi) is 2.78. The van der Waals surface area contributed by atoms with Crippen molar-refractivity contribution in [1.82, 2.24) is 4.57 Å². The van der Waals surface area contributed by atoms with E-state index in [1.807, 2.05) is 30.3 Å². The van der Waals surface area contributed by atoms with Crippen molar-refractivity contribution in [3.05, 3.63) is 68.7 Å². The Hall–Kier alpha value is -2.33. The molecule has 1 heterocycles. The van der Waals surface area contributed by atoms with Crippen LogP contribution in [0.15, 0.2) is 45.6 Å². The van der Waals surface area contributed by atoms with Gasteiger partial charge in [0.25, 0.3) is 0 Å². The summed E-state index contributed by atoms with van der Waals surface area (Å²) in [7, 11) is 1.64. The summed E-state index contributed by atoms with van der Waals surface area (Å²) in [5.41, 5.74) is 3.78. The molecule has 4 rings (SSSR count). The van der Waals surface area contributed by atoms with Crippen LogP contribution in [0.4, 0.5) is 0 Å². The van der Waals surface area contributed by atoms with E-state index in [1.54, 1.807) is 13.1 Å². The number of rotatable bonds is 1. The number of Topliss-reactive ketones (excluding diaryl/α,β-unsaturated/α-hetero) is 1. The largest absolute Gasteiger partial charge is 0.419 e. The predicted octanol–water partition coefficient (Wildman–Crippen LogP) is 3.50. The molecule has 4 nitrogen and oxygen atoms in total. The molecule has 1 aliphatic rings. The lowest BCUT2D eigenvalue weighted by Gasteiger charge is -2.11. The van der Waals surface area contributed by atoms with Gasteiger partial charge in [-0.1, -0.05) is 23.7 Å². The molecule has 1 aliphatic carbocycles. The van der Waals surface area contributed by atoms with Crippen LogP contribution in [-0.4, -0.2) is 10.4 Å². The molecule has 110 valence electrons. The Labute approximate surface area is 130 Å². The molecule has 0 amide bonds. The molecule has 1 aromatic heterocycles. The Balaban J connectivity index is 1.93. The first-order chi connectivity index (χ1) is 10.5. The minimum Gasteiger partial charge on any atom is -0.408 e. The van der Waals surface area contributed by atoms with Gasteiger partial charge in [0.05, 0.1) is 5.52 Å². The molecule has 0 radical (unpaired) electrons. The fraction of sp³-hybridized carbons (Fsp3) is 0.176. The van der Waals surface area contributed by atoms with Crippen LogP contribution < -0.4 is 5.76 Å². The minimum atomic E-state index is -0.422. The standard InChI is InChI=1S/C17H12ClNO3/c1-19-14-6-13-12(8-16(14)22-17(19)21)11(7-15(13)20)9-2-4-10(18)5-3-9/h2-6,8,11H,7H2,1H3. The van der Waals surface area contributed by atoms with Crippen LogP contribution in [0.2, 0.25) is 5.02 Å². The summed E-state index contributed by atoms with van der Waals surface area (Å²) in [6, 6.07) is 11.1. The van der Waals surface area contributed by atoms with Crippen molar-refractivity contribution in [2.75, 3.05) is 0 Å². The van der Waals surface area contributed by atoms with Crippen molar-refractivity contribution in [3.8, 4) is 0 Å². The zero-order valence-electron chi connectivity index (χ0n) is 11.8. The molecule has 2 aromatic carbocycles. The van der Waals surface area contributed by atoms with Crippen molar-refractivity contribution in [3.63, 3.8) is 0 Å². The molecule has 0 N–H and O–H groups in total. The zero-order chi connectivity index (χ0) is 15.4. The first kappa shape index (κ1) is 13.3. The number of carbonyl (C=O) groups is 1. The lowest BCUT2D eigenvalue weighted by Crippen LogP contribution is -2.08. The van der Waals surface area contributed by atoms with Gasteiger partial charge in [0, 0.05) is 30.0 Å². The second kappa shape index (κ2) is 4.58. The SMILES string of the molecule is Cn1c(=O)oc2cc3c(cc21)C(=O)CC3c1ccc(Cl)cc1. The number of carbonyl (C=O) groups excluding carboxylic acids is 1. The minimum absolute atomic E-state index is 0.0188. The molecule has 5 heteroatoms. The quantitative estimate of drug-likeness (QED) is 0.691. The number of aromatic nitrogens is 1. The first-order valence-electron chi connectivity index (χ1n) is 6.97. The van der Waals surface area contributed by atoms with Crippen LogP contribution in [0.25, 0.3) is 11.1 Å². The van der Waals surface area contributed by atoms with E-state index >= 15 is 0 Å². The van der Waals surface area contributed by atoms with Crippen molar-refractivity contribution in [2.45, 2.75) is 12.3 Å². The number of fused-ring (bicyclic) bond motifs is 2. The van der Waals surface area contributed by atoms with Gasteiger partial charge in [-0.05, 0) is 35.4 Å². The number of oxazole rings is 1. The summed E-state index contributed by atoms with van der Waals surface area (Å²) in [4.78, 5) is 24.0. The smallest absolute Gasteiger partial charge is 0.408 e. The normalized spacial score (nSPS) is 17.2. The number of benzene rings is 2. The topological polar surface area (TPSA) is 52.2 Å². The summed E-state index contributed by atoms with van der Waals surface area (Å²) >= 11 is 5.93. The van der Waals surface area contributed by atoms with Crippen molar-refractivity contribution in [1.29, 1.82) is 0 Å². The predicted molar refractivity (Wildman–Crippen MR) is 83.7 cm³/mol. The molecule has 22 heavy (non-hydrogen) atoms. The van der Waals surface area contributed by atoms with Crippen molar-refractivity contribution in [2.24, 2.45) is 7.05 Å². The van der Waals surface area contributed by atoms with E-state index in [2.05, 4.69) is 0 Å². The van der Waals surface area contributed by atoms with Crippen LogP contribution in [0, 0.1) is 0 Å². The van der Waals surface area contributed by atoms with E-state index in [9.17, 15) is 9.59 Å². The summed E-state index contributed by atoms with van der Waals surface area (Å²) in [5, 5.41) is 0.665. The number of halogens is 1. The number of ketones is 1. The van der Waals surface area contributed by atoms with E-state index < -0.39 is 5.76 Å². The molecule has 0 saturated heterocycles. The third-order valence-electron chi connectivity index (χ3n) is 4.30. The Morgan fingerprint density at radius 3 is 2.64 bits per heavy atom. The lowest BCUT2D eigenvalue weighted by molar-refractivity contribution is 0.0991. The lowest BCUT2D eigenvalue weighted by atomic mass is 9.93. The average Bonchev–Trinajstić information content (AvgIpc) is 2.97. The molecular formula is C17H12ClNO3. The van der Waals surface area contributed by atoms with Gasteiger partial charge in [-0.2, -0.15) is 0 Å². The van der Waals surface area contributed by atoms with E-state index in [-0.39, 0.29) is 11.7 Å². The maximum Gasteiger partial charge on any atom is 0.419 e. The van der Waals surface area contributed by atoms with Gasteiger partial charge in [0.2, 0.25) is 0 Å². The Morgan fingerprint density at radius 1 is 1.18 bits per heavy atom. The zero-order valence-corrected chi connectivity index (χ0v) is 12.6. The molecular weight excluding hydrogens is 302 g/mol. The summed E-state index contributed by atoms with van der Waals surface area (Å²) in [6.07, 6.45) is 0.428. The molecule has 1 atom stereocenters. The van der Waals surface area contributed by atoms with E-state index in [1.165, 1.54) is 4.57 Å². The van der Waals surface area contributed by atoms with E-state index in [4.69, 9.17) is 16.0 Å². The number of hydrogen-bond acceptors (Lipinski definition) is 3. The third-order valence-corrected chi connectivity index (χ3v) is 4.55. The van der Waals surface area contributed by atoms with Gasteiger partial charge >= 0.3 is 5.76 Å². The van der Waals surface area contributed by atoms with E-state index in [0.717, 1.165) is 11.1 Å². The second-order valence-electron chi connectivity index (χ2n) is 5.57. The highest BCUT2D eigenvalue weighted by Crippen LogP contribution is 2.40. The first-order valence-corrected chi connectivity index (χ1v) is 7.34. The molecule has 0 bridgehead atoms. The maximum atomic E-state index is 12.3. The van der Waals surface area contributed by atoms with Crippen molar-refractivity contribution >= 4 is 28.5 Å². The van der Waals surface area contributed by atoms with Gasteiger partial charge < -0.3 is 4.42 Å². The number of hydrogen-bond donors (Lipinski definition) is 0. The van der Waals surface area contributed by atoms with Crippen LogP contribution in [0.5, 0.6) is 0 Å². The summed E-state index contributed by atoms with van der Waals surface area (Å²) in [5.74, 6) is -0.352. The van der Waals surface area contributed by atoms with Crippen LogP contribution in [0.1, 0.15) is 33.8 Å². The number of nitrogens with zero attached hydrogens (tertiary/aromatic N) is 1. The summed E-state index contributed by atoms with van der Waals surface area (Å²) < 4.78 is 6.65. The van der Waals surface area contributed by atoms with Gasteiger partial charge in [0.15, 0.2) is 11.4 Å². The molecule has 0 aliphatic heterocycles. The number of aryl methyl sites for hydroxylation is 1.